The van der Waals surface area contributed by atoms with E-state index < -0.39 is 0 Å². The van der Waals surface area contributed by atoms with E-state index in [1.807, 2.05) is 37.3 Å². The fourth-order valence-corrected chi connectivity index (χ4v) is 2.37. The van der Waals surface area contributed by atoms with Crippen LogP contribution in [-0.2, 0) is 0 Å². The third-order valence-electron chi connectivity index (χ3n) is 2.99. The molecule has 2 nitrogen and oxygen atoms in total. The molecule has 0 radical (unpaired) electrons. The maximum Gasteiger partial charge on any atom is 0.119 e. The van der Waals surface area contributed by atoms with Gasteiger partial charge in [0.2, 0.25) is 0 Å². The predicted octanol–water partition coefficient (Wildman–Crippen LogP) is 5.67. The van der Waals surface area contributed by atoms with Gasteiger partial charge in [0, 0.05) is 16.2 Å². The normalized spacial score (nSPS) is 12.0. The summed E-state index contributed by atoms with van der Waals surface area (Å²) in [5, 5.41) is 4.13. The van der Waals surface area contributed by atoms with Gasteiger partial charge < -0.3 is 10.1 Å². The van der Waals surface area contributed by atoms with Crippen molar-refractivity contribution < 1.29 is 4.74 Å². The van der Waals surface area contributed by atoms with Crippen LogP contribution < -0.4 is 10.1 Å². The summed E-state index contributed by atoms with van der Waals surface area (Å²) >= 11 is 9.48. The van der Waals surface area contributed by atoms with Crippen LogP contribution in [0.1, 0.15) is 25.5 Å². The van der Waals surface area contributed by atoms with Crippen LogP contribution in [0.25, 0.3) is 0 Å². The standard InChI is InChI=1S/C16H17BrClNO/c1-3-20-14-7-4-12(5-8-14)11(2)19-13-6-9-15(17)16(18)10-13/h4-11,19H,3H2,1-2H3. The summed E-state index contributed by atoms with van der Waals surface area (Å²) in [6.45, 7) is 4.78. The molecule has 0 saturated carbocycles. The smallest absolute Gasteiger partial charge is 0.119 e. The number of hydrogen-bond donors (Lipinski definition) is 1. The molecule has 0 aliphatic heterocycles. The van der Waals surface area contributed by atoms with Gasteiger partial charge in [-0.1, -0.05) is 23.7 Å². The zero-order valence-corrected chi connectivity index (χ0v) is 13.8. The average molecular weight is 355 g/mol. The Kier molecular flexibility index (Phi) is 5.32. The van der Waals surface area contributed by atoms with Gasteiger partial charge in [0.25, 0.3) is 0 Å². The van der Waals surface area contributed by atoms with Crippen molar-refractivity contribution in [1.29, 1.82) is 0 Å². The number of rotatable bonds is 5. The lowest BCUT2D eigenvalue weighted by atomic mass is 10.1. The van der Waals surface area contributed by atoms with Crippen molar-refractivity contribution >= 4 is 33.2 Å². The SMILES string of the molecule is CCOc1ccc(C(C)Nc2ccc(Br)c(Cl)c2)cc1. The predicted molar refractivity (Wildman–Crippen MR) is 88.8 cm³/mol. The first-order chi connectivity index (χ1) is 9.60. The van der Waals surface area contributed by atoms with Crippen molar-refractivity contribution in [2.75, 3.05) is 11.9 Å². The fraction of sp³-hybridized carbons (Fsp3) is 0.250. The summed E-state index contributed by atoms with van der Waals surface area (Å²) in [5.41, 5.74) is 2.20. The van der Waals surface area contributed by atoms with E-state index in [4.69, 9.17) is 16.3 Å². The number of anilines is 1. The minimum Gasteiger partial charge on any atom is -0.494 e. The van der Waals surface area contributed by atoms with Crippen LogP contribution in [0.15, 0.2) is 46.9 Å². The summed E-state index contributed by atoms with van der Waals surface area (Å²) in [6, 6.07) is 14.2. The molecule has 106 valence electrons. The first-order valence-corrected chi connectivity index (χ1v) is 7.71. The molecule has 0 fully saturated rings. The number of benzene rings is 2. The summed E-state index contributed by atoms with van der Waals surface area (Å²) in [4.78, 5) is 0. The lowest BCUT2D eigenvalue weighted by Crippen LogP contribution is -2.06. The Morgan fingerprint density at radius 2 is 1.90 bits per heavy atom. The summed E-state index contributed by atoms with van der Waals surface area (Å²) in [7, 11) is 0. The molecular weight excluding hydrogens is 338 g/mol. The van der Waals surface area contributed by atoms with E-state index in [-0.39, 0.29) is 6.04 Å². The van der Waals surface area contributed by atoms with E-state index in [0.29, 0.717) is 11.6 Å². The largest absolute Gasteiger partial charge is 0.494 e. The molecule has 0 spiro atoms. The van der Waals surface area contributed by atoms with Gasteiger partial charge in [-0.05, 0) is 65.7 Å². The third kappa shape index (κ3) is 3.90. The molecule has 2 rings (SSSR count). The second-order valence-electron chi connectivity index (χ2n) is 4.50. The molecule has 1 atom stereocenters. The third-order valence-corrected chi connectivity index (χ3v) is 4.23. The Labute approximate surface area is 133 Å². The molecule has 0 amide bonds. The van der Waals surface area contributed by atoms with Gasteiger partial charge in [-0.25, -0.2) is 0 Å². The summed E-state index contributed by atoms with van der Waals surface area (Å²) in [5.74, 6) is 0.898. The number of halogens is 2. The monoisotopic (exact) mass is 353 g/mol. The molecule has 0 aliphatic rings. The molecule has 2 aromatic carbocycles. The van der Waals surface area contributed by atoms with Crippen molar-refractivity contribution in [1.82, 2.24) is 0 Å². The first-order valence-electron chi connectivity index (χ1n) is 6.54. The Morgan fingerprint density at radius 3 is 2.50 bits per heavy atom. The quantitative estimate of drug-likeness (QED) is 0.746. The van der Waals surface area contributed by atoms with Crippen LogP contribution in [0.3, 0.4) is 0 Å². The fourth-order valence-electron chi connectivity index (χ4n) is 1.94. The summed E-state index contributed by atoms with van der Waals surface area (Å²) < 4.78 is 6.35. The van der Waals surface area contributed by atoms with Gasteiger partial charge >= 0.3 is 0 Å². The second kappa shape index (κ2) is 7.00. The lowest BCUT2D eigenvalue weighted by molar-refractivity contribution is 0.340. The molecule has 2 aromatic rings. The number of ether oxygens (including phenoxy) is 1. The molecule has 0 aliphatic carbocycles. The van der Waals surface area contributed by atoms with Gasteiger partial charge in [-0.2, -0.15) is 0 Å². The summed E-state index contributed by atoms with van der Waals surface area (Å²) in [6.07, 6.45) is 0. The van der Waals surface area contributed by atoms with E-state index >= 15 is 0 Å². The molecule has 1 N–H and O–H groups in total. The highest BCUT2D eigenvalue weighted by Crippen LogP contribution is 2.28. The van der Waals surface area contributed by atoms with Crippen molar-refractivity contribution in [3.05, 3.63) is 57.5 Å². The highest BCUT2D eigenvalue weighted by Gasteiger charge is 2.07. The molecular formula is C16H17BrClNO. The van der Waals surface area contributed by atoms with Gasteiger partial charge in [0.15, 0.2) is 0 Å². The molecule has 20 heavy (non-hydrogen) atoms. The van der Waals surface area contributed by atoms with Gasteiger partial charge in [-0.15, -0.1) is 0 Å². The minimum absolute atomic E-state index is 0.197. The molecule has 1 unspecified atom stereocenters. The van der Waals surface area contributed by atoms with Crippen molar-refractivity contribution in [3.63, 3.8) is 0 Å². The highest BCUT2D eigenvalue weighted by atomic mass is 79.9. The zero-order chi connectivity index (χ0) is 14.5. The van der Waals surface area contributed by atoms with Crippen molar-refractivity contribution in [2.45, 2.75) is 19.9 Å². The van der Waals surface area contributed by atoms with Crippen molar-refractivity contribution in [2.24, 2.45) is 0 Å². The number of nitrogens with one attached hydrogen (secondary N) is 1. The Morgan fingerprint density at radius 1 is 1.20 bits per heavy atom. The topological polar surface area (TPSA) is 21.3 Å². The molecule has 0 aromatic heterocycles. The molecule has 4 heteroatoms. The van der Waals surface area contributed by atoms with Gasteiger partial charge in [0.1, 0.15) is 5.75 Å². The maximum absolute atomic E-state index is 6.10. The highest BCUT2D eigenvalue weighted by molar-refractivity contribution is 9.10. The van der Waals surface area contributed by atoms with Gasteiger partial charge in [0.05, 0.1) is 11.6 Å². The average Bonchev–Trinajstić information content (AvgIpc) is 2.44. The van der Waals surface area contributed by atoms with E-state index in [1.165, 1.54) is 5.56 Å². The first kappa shape index (κ1) is 15.2. The second-order valence-corrected chi connectivity index (χ2v) is 5.76. The van der Waals surface area contributed by atoms with Crippen LogP contribution in [0.2, 0.25) is 5.02 Å². The molecule has 0 saturated heterocycles. The van der Waals surface area contributed by atoms with Crippen LogP contribution in [0.4, 0.5) is 5.69 Å². The van der Waals surface area contributed by atoms with E-state index in [1.54, 1.807) is 0 Å². The Hall–Kier alpha value is -1.19. The molecule has 0 bridgehead atoms. The van der Waals surface area contributed by atoms with Crippen LogP contribution >= 0.6 is 27.5 Å². The maximum atomic E-state index is 6.10. The van der Waals surface area contributed by atoms with E-state index in [2.05, 4.69) is 40.3 Å². The minimum atomic E-state index is 0.197. The van der Waals surface area contributed by atoms with Crippen LogP contribution in [0, 0.1) is 0 Å². The lowest BCUT2D eigenvalue weighted by Gasteiger charge is -2.16. The van der Waals surface area contributed by atoms with Crippen molar-refractivity contribution in [3.8, 4) is 5.75 Å². The van der Waals surface area contributed by atoms with E-state index in [0.717, 1.165) is 15.9 Å². The number of hydrogen-bond acceptors (Lipinski definition) is 2. The van der Waals surface area contributed by atoms with Crippen LogP contribution in [0.5, 0.6) is 5.75 Å². The Balaban J connectivity index is 2.06. The molecule has 0 heterocycles. The van der Waals surface area contributed by atoms with Crippen LogP contribution in [-0.4, -0.2) is 6.61 Å². The Bertz CT molecular complexity index is 571. The van der Waals surface area contributed by atoms with E-state index in [9.17, 15) is 0 Å². The van der Waals surface area contributed by atoms with Gasteiger partial charge in [-0.3, -0.25) is 0 Å². The zero-order valence-electron chi connectivity index (χ0n) is 11.5.